The van der Waals surface area contributed by atoms with Crippen molar-refractivity contribution in [3.05, 3.63) is 12.0 Å². The Labute approximate surface area is 118 Å². The van der Waals surface area contributed by atoms with Crippen molar-refractivity contribution in [1.29, 1.82) is 0 Å². The van der Waals surface area contributed by atoms with Gasteiger partial charge < -0.3 is 9.67 Å². The zero-order valence-corrected chi connectivity index (χ0v) is 12.4. The highest BCUT2D eigenvalue weighted by Crippen LogP contribution is 2.23. The molecule has 0 unspecified atom stereocenters. The van der Waals surface area contributed by atoms with Gasteiger partial charge in [-0.1, -0.05) is 0 Å². The van der Waals surface area contributed by atoms with Gasteiger partial charge in [0.05, 0.1) is 5.92 Å². The summed E-state index contributed by atoms with van der Waals surface area (Å²) in [6.07, 6.45) is 2.23. The van der Waals surface area contributed by atoms with Crippen LogP contribution in [0.5, 0.6) is 0 Å². The first-order valence-corrected chi connectivity index (χ1v) is 8.07. The van der Waals surface area contributed by atoms with Crippen molar-refractivity contribution >= 4 is 16.0 Å². The van der Waals surface area contributed by atoms with Gasteiger partial charge in [-0.25, -0.2) is 13.4 Å². The van der Waals surface area contributed by atoms with Gasteiger partial charge in [-0.3, -0.25) is 4.79 Å². The van der Waals surface area contributed by atoms with Crippen molar-refractivity contribution in [2.24, 2.45) is 5.92 Å². The molecule has 0 aliphatic carbocycles. The van der Waals surface area contributed by atoms with E-state index in [0.29, 0.717) is 25.2 Å². The molecule has 112 valence electrons. The monoisotopic (exact) mass is 301 g/mol. The number of carboxylic acid groups (broad SMARTS) is 1. The summed E-state index contributed by atoms with van der Waals surface area (Å²) in [4.78, 5) is 15.0. The zero-order valence-electron chi connectivity index (χ0n) is 11.6. The minimum Gasteiger partial charge on any atom is -0.481 e. The van der Waals surface area contributed by atoms with E-state index in [4.69, 9.17) is 5.11 Å². The Kier molecular flexibility index (Phi) is 4.14. The van der Waals surface area contributed by atoms with Crippen LogP contribution >= 0.6 is 0 Å². The molecule has 0 radical (unpaired) electrons. The van der Waals surface area contributed by atoms with Gasteiger partial charge in [0.1, 0.15) is 5.82 Å². The molecule has 7 nitrogen and oxygen atoms in total. The molecule has 1 aromatic rings. The largest absolute Gasteiger partial charge is 0.481 e. The Morgan fingerprint density at radius 2 is 2.05 bits per heavy atom. The third-order valence-corrected chi connectivity index (χ3v) is 5.47. The summed E-state index contributed by atoms with van der Waals surface area (Å²) in [5, 5.41) is 8.98. The quantitative estimate of drug-likeness (QED) is 0.883. The molecule has 2 rings (SSSR count). The number of rotatable bonds is 4. The summed E-state index contributed by atoms with van der Waals surface area (Å²) in [5.41, 5.74) is 0. The first-order chi connectivity index (χ1) is 9.36. The van der Waals surface area contributed by atoms with Crippen molar-refractivity contribution in [2.75, 3.05) is 13.1 Å². The molecule has 1 aliphatic heterocycles. The first-order valence-electron chi connectivity index (χ1n) is 6.63. The highest BCUT2D eigenvalue weighted by molar-refractivity contribution is 7.89. The Morgan fingerprint density at radius 1 is 1.45 bits per heavy atom. The number of carboxylic acids is 1. The van der Waals surface area contributed by atoms with Gasteiger partial charge in [-0.05, 0) is 26.7 Å². The van der Waals surface area contributed by atoms with Gasteiger partial charge >= 0.3 is 5.97 Å². The molecule has 0 spiro atoms. The first kappa shape index (κ1) is 15.0. The molecule has 1 aromatic heterocycles. The third-order valence-electron chi connectivity index (χ3n) is 3.70. The van der Waals surface area contributed by atoms with Gasteiger partial charge in [-0.15, -0.1) is 0 Å². The SMILES string of the molecule is CCn1cc(S(=O)(=O)N2CCC(C(=O)O)CC2)nc1C. The van der Waals surface area contributed by atoms with Gasteiger partial charge in [0, 0.05) is 25.8 Å². The van der Waals surface area contributed by atoms with Crippen LogP contribution in [-0.2, 0) is 21.4 Å². The third kappa shape index (κ3) is 2.71. The van der Waals surface area contributed by atoms with Crippen LogP contribution < -0.4 is 0 Å². The molecule has 0 bridgehead atoms. The molecule has 0 aromatic carbocycles. The minimum absolute atomic E-state index is 0.0469. The van der Waals surface area contributed by atoms with E-state index in [2.05, 4.69) is 4.98 Å². The second-order valence-corrected chi connectivity index (χ2v) is 6.81. The van der Waals surface area contributed by atoms with Gasteiger partial charge in [0.15, 0.2) is 5.03 Å². The van der Waals surface area contributed by atoms with Gasteiger partial charge in [0.2, 0.25) is 0 Å². The number of imidazole rings is 1. The molecule has 20 heavy (non-hydrogen) atoms. The minimum atomic E-state index is -3.61. The van der Waals surface area contributed by atoms with Crippen LogP contribution in [0.15, 0.2) is 11.2 Å². The van der Waals surface area contributed by atoms with Crippen LogP contribution in [0.2, 0.25) is 0 Å². The molecule has 0 saturated carbocycles. The molecule has 2 heterocycles. The number of carbonyl (C=O) groups is 1. The van der Waals surface area contributed by atoms with Crippen molar-refractivity contribution in [3.63, 3.8) is 0 Å². The number of hydrogen-bond acceptors (Lipinski definition) is 4. The predicted molar refractivity (Wildman–Crippen MR) is 71.8 cm³/mol. The maximum Gasteiger partial charge on any atom is 0.306 e. The maximum absolute atomic E-state index is 12.4. The topological polar surface area (TPSA) is 92.5 Å². The molecule has 1 saturated heterocycles. The molecule has 1 fully saturated rings. The number of hydrogen-bond donors (Lipinski definition) is 1. The fourth-order valence-electron chi connectivity index (χ4n) is 2.40. The highest BCUT2D eigenvalue weighted by atomic mass is 32.2. The Bertz CT molecular complexity index is 600. The van der Waals surface area contributed by atoms with Crippen molar-refractivity contribution in [2.45, 2.75) is 38.3 Å². The normalized spacial score (nSPS) is 18.3. The van der Waals surface area contributed by atoms with Crippen molar-refractivity contribution < 1.29 is 18.3 Å². The number of sulfonamides is 1. The van der Waals surface area contributed by atoms with E-state index < -0.39 is 21.9 Å². The lowest BCUT2D eigenvalue weighted by atomic mass is 9.99. The molecular weight excluding hydrogens is 282 g/mol. The zero-order chi connectivity index (χ0) is 14.9. The van der Waals surface area contributed by atoms with E-state index >= 15 is 0 Å². The number of aliphatic carboxylic acids is 1. The smallest absolute Gasteiger partial charge is 0.306 e. The van der Waals surface area contributed by atoms with E-state index in [1.807, 2.05) is 6.92 Å². The summed E-state index contributed by atoms with van der Waals surface area (Å²) < 4.78 is 28.0. The average molecular weight is 301 g/mol. The lowest BCUT2D eigenvalue weighted by molar-refractivity contribution is -0.142. The number of aromatic nitrogens is 2. The summed E-state index contributed by atoms with van der Waals surface area (Å²) in [6, 6.07) is 0. The van der Waals surface area contributed by atoms with Crippen LogP contribution in [0.1, 0.15) is 25.6 Å². The van der Waals surface area contributed by atoms with E-state index in [1.54, 1.807) is 11.5 Å². The number of piperidine rings is 1. The summed E-state index contributed by atoms with van der Waals surface area (Å²) in [5.74, 6) is -0.643. The summed E-state index contributed by atoms with van der Waals surface area (Å²) >= 11 is 0. The molecule has 0 amide bonds. The molecule has 0 atom stereocenters. The Balaban J connectivity index is 2.17. The fourth-order valence-corrected chi connectivity index (χ4v) is 3.86. The van der Waals surface area contributed by atoms with Crippen LogP contribution in [0.25, 0.3) is 0 Å². The molecular formula is C12H19N3O4S. The molecule has 1 N–H and O–H groups in total. The lowest BCUT2D eigenvalue weighted by Crippen LogP contribution is -2.40. The van der Waals surface area contributed by atoms with Crippen LogP contribution in [-0.4, -0.2) is 46.4 Å². The van der Waals surface area contributed by atoms with Gasteiger partial charge in [-0.2, -0.15) is 4.31 Å². The highest BCUT2D eigenvalue weighted by Gasteiger charge is 2.33. The maximum atomic E-state index is 12.4. The second-order valence-electron chi connectivity index (χ2n) is 4.93. The van der Waals surface area contributed by atoms with E-state index in [0.717, 1.165) is 0 Å². The van der Waals surface area contributed by atoms with E-state index in [9.17, 15) is 13.2 Å². The summed E-state index contributed by atoms with van der Waals surface area (Å²) in [6.45, 7) is 4.81. The standard InChI is InChI=1S/C12H19N3O4S/c1-3-14-8-11(13-9(14)2)20(18,19)15-6-4-10(5-7-15)12(16)17/h8,10H,3-7H2,1-2H3,(H,16,17). The van der Waals surface area contributed by atoms with Gasteiger partial charge in [0.25, 0.3) is 10.0 Å². The second kappa shape index (κ2) is 5.53. The summed E-state index contributed by atoms with van der Waals surface area (Å²) in [7, 11) is -3.61. The molecule has 1 aliphatic rings. The number of aryl methyl sites for hydroxylation is 2. The Morgan fingerprint density at radius 3 is 2.50 bits per heavy atom. The number of nitrogens with zero attached hydrogens (tertiary/aromatic N) is 3. The van der Waals surface area contributed by atoms with Crippen LogP contribution in [0, 0.1) is 12.8 Å². The van der Waals surface area contributed by atoms with Crippen LogP contribution in [0.4, 0.5) is 0 Å². The van der Waals surface area contributed by atoms with E-state index in [-0.39, 0.29) is 18.1 Å². The fraction of sp³-hybridized carbons (Fsp3) is 0.667. The van der Waals surface area contributed by atoms with Crippen molar-refractivity contribution in [1.82, 2.24) is 13.9 Å². The van der Waals surface area contributed by atoms with Crippen molar-refractivity contribution in [3.8, 4) is 0 Å². The van der Waals surface area contributed by atoms with E-state index in [1.165, 1.54) is 10.5 Å². The molecule has 8 heteroatoms. The Hall–Kier alpha value is -1.41. The predicted octanol–water partition coefficient (Wildman–Crippen LogP) is 0.697. The lowest BCUT2D eigenvalue weighted by Gasteiger charge is -2.28. The van der Waals surface area contributed by atoms with Crippen LogP contribution in [0.3, 0.4) is 0 Å². The average Bonchev–Trinajstić information content (AvgIpc) is 2.80.